The Morgan fingerprint density at radius 2 is 1.02 bits per heavy atom. The number of hydrogen-bond acceptors (Lipinski definition) is 4. The molecule has 272 valence electrons. The Balaban J connectivity index is 3.87. The maximum absolute atomic E-state index is 12.4. The van der Waals surface area contributed by atoms with Gasteiger partial charge in [-0.1, -0.05) is 164 Å². The molecule has 0 saturated heterocycles. The van der Waals surface area contributed by atoms with Crippen molar-refractivity contribution in [1.29, 1.82) is 0 Å². The van der Waals surface area contributed by atoms with Crippen molar-refractivity contribution < 1.29 is 22.9 Å². The predicted molar refractivity (Wildman–Crippen MR) is 202 cm³/mol. The molecule has 47 heavy (non-hydrogen) atoms. The van der Waals surface area contributed by atoms with Gasteiger partial charge in [-0.05, 0) is 57.8 Å². The second-order valence-corrected chi connectivity index (χ2v) is 14.3. The first-order valence-electron chi connectivity index (χ1n) is 19.0. The van der Waals surface area contributed by atoms with Crippen LogP contribution in [0.2, 0.25) is 0 Å². The van der Waals surface area contributed by atoms with E-state index in [-0.39, 0.29) is 12.3 Å². The third-order valence-electron chi connectivity index (χ3n) is 8.20. The summed E-state index contributed by atoms with van der Waals surface area (Å²) in [5, 5.41) is 13.1. The van der Waals surface area contributed by atoms with Crippen LogP contribution in [0.1, 0.15) is 168 Å². The lowest BCUT2D eigenvalue weighted by atomic mass is 10.0. The molecule has 0 radical (unpaired) electrons. The molecule has 2 unspecified atom stereocenters. The number of rotatable bonds is 33. The summed E-state index contributed by atoms with van der Waals surface area (Å²) in [4.78, 5) is 12.4. The molecule has 0 spiro atoms. The van der Waals surface area contributed by atoms with Gasteiger partial charge in [0.2, 0.25) is 5.91 Å². The Hall–Kier alpha value is -1.96. The summed E-state index contributed by atoms with van der Waals surface area (Å²) >= 11 is 0. The first-order chi connectivity index (χ1) is 22.8. The van der Waals surface area contributed by atoms with E-state index in [1.54, 1.807) is 6.08 Å². The van der Waals surface area contributed by atoms with Gasteiger partial charge >= 0.3 is 0 Å². The van der Waals surface area contributed by atoms with Crippen LogP contribution in [0.25, 0.3) is 0 Å². The fraction of sp³-hybridized carbons (Fsp3) is 0.725. The molecule has 0 aliphatic heterocycles. The number of carbonyl (C=O) groups is 1. The maximum atomic E-state index is 12.4. The first-order valence-corrected chi connectivity index (χ1v) is 20.6. The van der Waals surface area contributed by atoms with E-state index in [2.05, 4.69) is 67.8 Å². The number of amides is 1. The zero-order chi connectivity index (χ0) is 34.7. The number of allylic oxidation sites excluding steroid dienone is 9. The molecule has 0 aromatic rings. The second kappa shape index (κ2) is 33.9. The van der Waals surface area contributed by atoms with Crippen LogP contribution in [0.5, 0.6) is 0 Å². The van der Waals surface area contributed by atoms with Crippen molar-refractivity contribution in [2.24, 2.45) is 0 Å². The molecule has 0 aromatic carbocycles. The molecule has 6 nitrogen and oxygen atoms in total. The van der Waals surface area contributed by atoms with Gasteiger partial charge in [-0.25, -0.2) is 0 Å². The van der Waals surface area contributed by atoms with Crippen molar-refractivity contribution in [3.8, 4) is 0 Å². The molecule has 0 aliphatic rings. The molecule has 0 heterocycles. The molecule has 0 saturated carbocycles. The highest BCUT2D eigenvalue weighted by atomic mass is 32.2. The molecular weight excluding hydrogens is 607 g/mol. The molecule has 2 atom stereocenters. The lowest BCUT2D eigenvalue weighted by molar-refractivity contribution is -0.122. The molecule has 3 N–H and O–H groups in total. The lowest BCUT2D eigenvalue weighted by Crippen LogP contribution is -2.46. The summed E-state index contributed by atoms with van der Waals surface area (Å²) in [5.41, 5.74) is 0. The van der Waals surface area contributed by atoms with E-state index in [9.17, 15) is 22.9 Å². The minimum atomic E-state index is -4.34. The van der Waals surface area contributed by atoms with E-state index in [4.69, 9.17) is 0 Å². The van der Waals surface area contributed by atoms with Crippen LogP contribution in [0, 0.1) is 0 Å². The zero-order valence-electron chi connectivity index (χ0n) is 30.1. The monoisotopic (exact) mass is 678 g/mol. The first kappa shape index (κ1) is 45.0. The number of carbonyl (C=O) groups excluding carboxylic acids is 1. The number of aliphatic hydroxyl groups is 1. The number of hydrogen-bond donors (Lipinski definition) is 3. The minimum Gasteiger partial charge on any atom is -0.387 e. The Morgan fingerprint density at radius 3 is 1.51 bits per heavy atom. The van der Waals surface area contributed by atoms with Crippen LogP contribution in [0.4, 0.5) is 0 Å². The van der Waals surface area contributed by atoms with Crippen molar-refractivity contribution in [2.45, 2.75) is 180 Å². The van der Waals surface area contributed by atoms with Gasteiger partial charge in [-0.3, -0.25) is 9.35 Å². The van der Waals surface area contributed by atoms with E-state index in [1.807, 2.05) is 6.08 Å². The van der Waals surface area contributed by atoms with Gasteiger partial charge in [0.15, 0.2) is 0 Å². The molecular formula is C40H71NO5S. The van der Waals surface area contributed by atoms with Crippen LogP contribution in [0.15, 0.2) is 60.8 Å². The fourth-order valence-electron chi connectivity index (χ4n) is 5.38. The normalized spacial score (nSPS) is 14.0. The Morgan fingerprint density at radius 1 is 0.596 bits per heavy atom. The topological polar surface area (TPSA) is 104 Å². The van der Waals surface area contributed by atoms with Gasteiger partial charge < -0.3 is 10.4 Å². The molecule has 0 rings (SSSR count). The van der Waals surface area contributed by atoms with Gasteiger partial charge in [0.1, 0.15) is 0 Å². The van der Waals surface area contributed by atoms with Crippen LogP contribution < -0.4 is 5.32 Å². The van der Waals surface area contributed by atoms with Crippen LogP contribution in [0.3, 0.4) is 0 Å². The summed E-state index contributed by atoms with van der Waals surface area (Å²) in [6, 6.07) is -1.06. The van der Waals surface area contributed by atoms with Crippen molar-refractivity contribution >= 4 is 16.0 Å². The summed E-state index contributed by atoms with van der Waals surface area (Å²) < 4.78 is 32.3. The maximum Gasteiger partial charge on any atom is 0.267 e. The highest BCUT2D eigenvalue weighted by molar-refractivity contribution is 7.85. The molecule has 0 aromatic heterocycles. The number of aliphatic hydroxyl groups excluding tert-OH is 1. The minimum absolute atomic E-state index is 0.287. The molecule has 7 heteroatoms. The summed E-state index contributed by atoms with van der Waals surface area (Å²) in [6.07, 6.45) is 46.4. The predicted octanol–water partition coefficient (Wildman–Crippen LogP) is 10.9. The highest BCUT2D eigenvalue weighted by Crippen LogP contribution is 2.13. The van der Waals surface area contributed by atoms with Crippen LogP contribution in [-0.2, 0) is 14.9 Å². The van der Waals surface area contributed by atoms with Crippen LogP contribution in [-0.4, -0.2) is 41.9 Å². The van der Waals surface area contributed by atoms with E-state index in [0.29, 0.717) is 0 Å². The van der Waals surface area contributed by atoms with Gasteiger partial charge in [0, 0.05) is 6.42 Å². The number of unbranched alkanes of at least 4 members (excludes halogenated alkanes) is 17. The third-order valence-corrected chi connectivity index (χ3v) is 8.98. The smallest absolute Gasteiger partial charge is 0.267 e. The van der Waals surface area contributed by atoms with E-state index in [0.717, 1.165) is 77.0 Å². The Labute approximate surface area is 290 Å². The van der Waals surface area contributed by atoms with Gasteiger partial charge in [-0.2, -0.15) is 8.42 Å². The highest BCUT2D eigenvalue weighted by Gasteiger charge is 2.24. The Kier molecular flexibility index (Phi) is 32.5. The van der Waals surface area contributed by atoms with Crippen molar-refractivity contribution in [3.05, 3.63) is 60.8 Å². The van der Waals surface area contributed by atoms with E-state index < -0.39 is 28.0 Å². The third kappa shape index (κ3) is 35.2. The van der Waals surface area contributed by atoms with E-state index >= 15 is 0 Å². The van der Waals surface area contributed by atoms with Crippen molar-refractivity contribution in [3.63, 3.8) is 0 Å². The van der Waals surface area contributed by atoms with Gasteiger partial charge in [0.25, 0.3) is 10.1 Å². The number of nitrogens with one attached hydrogen (secondary N) is 1. The van der Waals surface area contributed by atoms with E-state index in [1.165, 1.54) is 70.6 Å². The largest absolute Gasteiger partial charge is 0.387 e. The van der Waals surface area contributed by atoms with Crippen molar-refractivity contribution in [2.75, 3.05) is 5.75 Å². The quantitative estimate of drug-likeness (QED) is 0.0364. The summed E-state index contributed by atoms with van der Waals surface area (Å²) in [7, 11) is -4.34. The molecule has 0 bridgehead atoms. The zero-order valence-corrected chi connectivity index (χ0v) is 30.9. The second-order valence-electron chi connectivity index (χ2n) is 12.8. The molecule has 0 aliphatic carbocycles. The Bertz CT molecular complexity index is 967. The van der Waals surface area contributed by atoms with Crippen molar-refractivity contribution in [1.82, 2.24) is 5.32 Å². The van der Waals surface area contributed by atoms with Gasteiger partial charge in [0.05, 0.1) is 17.9 Å². The SMILES string of the molecule is CC/C=C\C/C=C\C/C=C\C/C=C\CCCCCCCCCCCCC(=O)NC(CS(=O)(=O)O)C(O)/C=C/CCCCCCCCC. The average molecular weight is 678 g/mol. The summed E-state index contributed by atoms with van der Waals surface area (Å²) in [6.45, 7) is 4.36. The standard InChI is InChI=1S/C40H71NO5S/c1-3-5-7-9-11-13-14-15-16-17-18-19-20-21-22-23-24-25-26-28-30-32-34-36-40(43)41-38(37-47(44,45)46)39(42)35-33-31-29-27-12-10-8-6-4-2/h5,7,11,13,15-16,18-19,33,35,38-39,42H,3-4,6,8-10,12,14,17,20-32,34,36-37H2,1-2H3,(H,41,43)(H,44,45,46)/b7-5-,13-11-,16-15-,19-18-,35-33+. The summed E-state index contributed by atoms with van der Waals surface area (Å²) in [5.74, 6) is -0.991. The van der Waals surface area contributed by atoms with Crippen LogP contribution >= 0.6 is 0 Å². The van der Waals surface area contributed by atoms with Gasteiger partial charge in [-0.15, -0.1) is 0 Å². The molecule has 1 amide bonds. The average Bonchev–Trinajstić information content (AvgIpc) is 3.03. The fourth-order valence-corrected chi connectivity index (χ4v) is 6.11. The lowest BCUT2D eigenvalue weighted by Gasteiger charge is -2.21. The molecule has 0 fully saturated rings.